The van der Waals surface area contributed by atoms with E-state index < -0.39 is 0 Å². The molecule has 20 heavy (non-hydrogen) atoms. The molecule has 0 atom stereocenters. The lowest BCUT2D eigenvalue weighted by Gasteiger charge is -2.13. The first kappa shape index (κ1) is 17.0. The highest BCUT2D eigenvalue weighted by Gasteiger charge is 2.11. The van der Waals surface area contributed by atoms with Gasteiger partial charge >= 0.3 is 0 Å². The van der Waals surface area contributed by atoms with Crippen molar-refractivity contribution in [3.8, 4) is 11.5 Å². The minimum Gasteiger partial charge on any atom is -0.493 e. The molecule has 0 saturated carbocycles. The zero-order valence-corrected chi connectivity index (χ0v) is 12.6. The number of methoxy groups -OCH3 is 2. The molecular weight excluding hydrogens is 284 g/mol. The molecule has 0 aliphatic rings. The Labute approximate surface area is 124 Å². The van der Waals surface area contributed by atoms with Gasteiger partial charge in [-0.05, 0) is 17.7 Å². The van der Waals surface area contributed by atoms with Crippen molar-refractivity contribution in [2.75, 3.05) is 40.6 Å². The normalized spacial score (nSPS) is 10.6. The van der Waals surface area contributed by atoms with Crippen molar-refractivity contribution in [1.29, 1.82) is 0 Å². The van der Waals surface area contributed by atoms with E-state index in [0.29, 0.717) is 48.5 Å². The second-order valence-electron chi connectivity index (χ2n) is 4.07. The summed E-state index contributed by atoms with van der Waals surface area (Å²) >= 11 is 6.11. The molecule has 0 aliphatic heterocycles. The molecule has 0 saturated heterocycles. The molecule has 5 nitrogen and oxygen atoms in total. The van der Waals surface area contributed by atoms with Crippen LogP contribution in [0.25, 0.3) is 0 Å². The van der Waals surface area contributed by atoms with Crippen molar-refractivity contribution in [1.82, 2.24) is 0 Å². The number of aliphatic hydroxyl groups excluding tert-OH is 1. The molecule has 0 fully saturated rings. The topological polar surface area (TPSA) is 57.2 Å². The van der Waals surface area contributed by atoms with Crippen LogP contribution in [0.1, 0.15) is 12.0 Å². The summed E-state index contributed by atoms with van der Waals surface area (Å²) in [5.74, 6) is 1.00. The van der Waals surface area contributed by atoms with E-state index in [1.165, 1.54) is 7.11 Å². The summed E-state index contributed by atoms with van der Waals surface area (Å²) in [4.78, 5) is 0. The van der Waals surface area contributed by atoms with Crippen molar-refractivity contribution in [2.24, 2.45) is 0 Å². The Bertz CT molecular complexity index is 397. The molecule has 114 valence electrons. The Hall–Kier alpha value is -1.01. The molecule has 0 spiro atoms. The average Bonchev–Trinajstić information content (AvgIpc) is 2.47. The molecule has 0 aliphatic carbocycles. The standard InChI is InChI=1S/C14H21ClO5/c1-17-6-7-19-4-3-5-20-14-12(15)8-11(10-16)9-13(14)18-2/h8-9,16H,3-7,10H2,1-2H3. The van der Waals surface area contributed by atoms with Crippen LogP contribution in [0.2, 0.25) is 5.02 Å². The lowest BCUT2D eigenvalue weighted by atomic mass is 10.2. The minimum atomic E-state index is -0.0936. The first-order chi connectivity index (χ1) is 9.72. The maximum atomic E-state index is 9.11. The molecule has 0 heterocycles. The van der Waals surface area contributed by atoms with E-state index in [0.717, 1.165) is 6.42 Å². The fourth-order valence-corrected chi connectivity index (χ4v) is 1.87. The van der Waals surface area contributed by atoms with Crippen LogP contribution in [-0.2, 0) is 16.1 Å². The summed E-state index contributed by atoms with van der Waals surface area (Å²) in [6.45, 7) is 2.14. The molecule has 1 rings (SSSR count). The third-order valence-electron chi connectivity index (χ3n) is 2.58. The van der Waals surface area contributed by atoms with Crippen LogP contribution in [0.5, 0.6) is 11.5 Å². The lowest BCUT2D eigenvalue weighted by Crippen LogP contribution is -2.07. The van der Waals surface area contributed by atoms with Gasteiger partial charge in [-0.25, -0.2) is 0 Å². The van der Waals surface area contributed by atoms with E-state index in [1.54, 1.807) is 19.2 Å². The van der Waals surface area contributed by atoms with Crippen LogP contribution < -0.4 is 9.47 Å². The average molecular weight is 305 g/mol. The van der Waals surface area contributed by atoms with Gasteiger partial charge in [-0.1, -0.05) is 11.6 Å². The van der Waals surface area contributed by atoms with Gasteiger partial charge in [-0.15, -0.1) is 0 Å². The van der Waals surface area contributed by atoms with E-state index in [-0.39, 0.29) is 6.61 Å². The van der Waals surface area contributed by atoms with Gasteiger partial charge < -0.3 is 24.1 Å². The third kappa shape index (κ3) is 5.54. The Kier molecular flexibility index (Phi) is 8.37. The summed E-state index contributed by atoms with van der Waals surface area (Å²) in [6.07, 6.45) is 0.741. The second kappa shape index (κ2) is 9.83. The minimum absolute atomic E-state index is 0.0936. The van der Waals surface area contributed by atoms with Gasteiger partial charge in [0.25, 0.3) is 0 Å². The fraction of sp³-hybridized carbons (Fsp3) is 0.571. The van der Waals surface area contributed by atoms with Crippen molar-refractivity contribution in [3.05, 3.63) is 22.7 Å². The summed E-state index contributed by atoms with van der Waals surface area (Å²) in [5.41, 5.74) is 0.682. The maximum absolute atomic E-state index is 9.11. The van der Waals surface area contributed by atoms with Crippen LogP contribution in [0.15, 0.2) is 12.1 Å². The highest BCUT2D eigenvalue weighted by Crippen LogP contribution is 2.36. The number of rotatable bonds is 10. The fourth-order valence-electron chi connectivity index (χ4n) is 1.58. The zero-order chi connectivity index (χ0) is 14.8. The predicted molar refractivity (Wildman–Crippen MR) is 76.7 cm³/mol. The van der Waals surface area contributed by atoms with E-state index in [1.807, 2.05) is 0 Å². The Balaban J connectivity index is 2.43. The van der Waals surface area contributed by atoms with Crippen LogP contribution in [0.3, 0.4) is 0 Å². The second-order valence-corrected chi connectivity index (χ2v) is 4.48. The highest BCUT2D eigenvalue weighted by atomic mass is 35.5. The summed E-state index contributed by atoms with van der Waals surface area (Å²) in [6, 6.07) is 3.37. The van der Waals surface area contributed by atoms with Gasteiger partial charge in [-0.2, -0.15) is 0 Å². The Morgan fingerprint density at radius 3 is 2.55 bits per heavy atom. The first-order valence-corrected chi connectivity index (χ1v) is 6.77. The molecule has 6 heteroatoms. The van der Waals surface area contributed by atoms with E-state index in [2.05, 4.69) is 0 Å². The van der Waals surface area contributed by atoms with E-state index in [4.69, 9.17) is 35.7 Å². The smallest absolute Gasteiger partial charge is 0.179 e. The SMILES string of the molecule is COCCOCCCOc1c(Cl)cc(CO)cc1OC. The number of hydrogen-bond donors (Lipinski definition) is 1. The number of halogens is 1. The van der Waals surface area contributed by atoms with E-state index in [9.17, 15) is 0 Å². The van der Waals surface area contributed by atoms with Crippen LogP contribution in [-0.4, -0.2) is 45.8 Å². The van der Waals surface area contributed by atoms with Gasteiger partial charge in [0.05, 0.1) is 38.6 Å². The summed E-state index contributed by atoms with van der Waals surface area (Å²) in [5, 5.41) is 9.53. The third-order valence-corrected chi connectivity index (χ3v) is 2.86. The summed E-state index contributed by atoms with van der Waals surface area (Å²) < 4.78 is 21.0. The predicted octanol–water partition coefficient (Wildman–Crippen LogP) is 2.27. The highest BCUT2D eigenvalue weighted by molar-refractivity contribution is 6.32. The van der Waals surface area contributed by atoms with Crippen LogP contribution in [0, 0.1) is 0 Å². The van der Waals surface area contributed by atoms with Crippen molar-refractivity contribution in [2.45, 2.75) is 13.0 Å². The first-order valence-electron chi connectivity index (χ1n) is 6.39. The number of benzene rings is 1. The van der Waals surface area contributed by atoms with Crippen LogP contribution in [0.4, 0.5) is 0 Å². The Morgan fingerprint density at radius 2 is 1.90 bits per heavy atom. The van der Waals surface area contributed by atoms with Gasteiger partial charge in [0, 0.05) is 20.1 Å². The largest absolute Gasteiger partial charge is 0.493 e. The zero-order valence-electron chi connectivity index (χ0n) is 11.9. The van der Waals surface area contributed by atoms with Crippen molar-refractivity contribution >= 4 is 11.6 Å². The molecule has 1 N–H and O–H groups in total. The molecule has 0 radical (unpaired) electrons. The molecule has 1 aromatic carbocycles. The van der Waals surface area contributed by atoms with E-state index >= 15 is 0 Å². The maximum Gasteiger partial charge on any atom is 0.179 e. The van der Waals surface area contributed by atoms with Gasteiger partial charge in [0.2, 0.25) is 0 Å². The van der Waals surface area contributed by atoms with Crippen molar-refractivity contribution < 1.29 is 24.1 Å². The van der Waals surface area contributed by atoms with Crippen LogP contribution >= 0.6 is 11.6 Å². The lowest BCUT2D eigenvalue weighted by molar-refractivity contribution is 0.0643. The number of aliphatic hydroxyl groups is 1. The quantitative estimate of drug-likeness (QED) is 0.672. The number of hydrogen-bond acceptors (Lipinski definition) is 5. The van der Waals surface area contributed by atoms with Gasteiger partial charge in [0.1, 0.15) is 0 Å². The van der Waals surface area contributed by atoms with Gasteiger partial charge in [-0.3, -0.25) is 0 Å². The molecular formula is C14H21ClO5. The monoisotopic (exact) mass is 304 g/mol. The van der Waals surface area contributed by atoms with Crippen molar-refractivity contribution in [3.63, 3.8) is 0 Å². The molecule has 1 aromatic rings. The summed E-state index contributed by atoms with van der Waals surface area (Å²) in [7, 11) is 3.17. The van der Waals surface area contributed by atoms with Gasteiger partial charge in [0.15, 0.2) is 11.5 Å². The molecule has 0 amide bonds. The molecule has 0 bridgehead atoms. The number of ether oxygens (including phenoxy) is 4. The molecule has 0 aromatic heterocycles. The molecule has 0 unspecified atom stereocenters. The Morgan fingerprint density at radius 1 is 1.10 bits per heavy atom.